The van der Waals surface area contributed by atoms with E-state index in [2.05, 4.69) is 15.3 Å². The van der Waals surface area contributed by atoms with E-state index in [9.17, 15) is 22.0 Å². The van der Waals surface area contributed by atoms with Gasteiger partial charge in [-0.1, -0.05) is 31.5 Å². The number of ketones is 1. The Bertz CT molecular complexity index is 1720. The minimum atomic E-state index is -4.46. The van der Waals surface area contributed by atoms with E-state index < -0.39 is 51.0 Å². The van der Waals surface area contributed by atoms with E-state index in [4.69, 9.17) is 0 Å². The fraction of sp³-hybridized carbons (Fsp3) is 0.233. The summed E-state index contributed by atoms with van der Waals surface area (Å²) in [5, 5.41) is 2.99. The average molecular weight is 599 g/mol. The van der Waals surface area contributed by atoms with Crippen LogP contribution in [0.5, 0.6) is 0 Å². The Morgan fingerprint density at radius 1 is 1.07 bits per heavy atom. The van der Waals surface area contributed by atoms with Crippen LogP contribution in [-0.4, -0.2) is 37.3 Å². The summed E-state index contributed by atoms with van der Waals surface area (Å²) in [5.74, 6) is -3.94. The summed E-state index contributed by atoms with van der Waals surface area (Å²) in [4.78, 5) is 21.8. The number of nitrogens with zero attached hydrogens (tertiary/aromatic N) is 3. The number of carbonyl (C=O) groups excluding carboxylic acids is 1. The number of hydrogen-bond acceptors (Lipinski definition) is 6. The molecule has 4 aromatic rings. The van der Waals surface area contributed by atoms with Crippen molar-refractivity contribution in [2.24, 2.45) is 0 Å². The van der Waals surface area contributed by atoms with Gasteiger partial charge in [0.15, 0.2) is 11.6 Å². The molecule has 0 spiro atoms. The third-order valence-corrected chi connectivity index (χ3v) is 8.93. The third-order valence-electron chi connectivity index (χ3n) is 7.10. The summed E-state index contributed by atoms with van der Waals surface area (Å²) in [7, 11) is -4.46. The van der Waals surface area contributed by atoms with Crippen molar-refractivity contribution in [3.05, 3.63) is 102 Å². The molecule has 1 aliphatic rings. The fourth-order valence-electron chi connectivity index (χ4n) is 4.85. The van der Waals surface area contributed by atoms with Crippen LogP contribution in [0.2, 0.25) is 0 Å². The molecule has 1 unspecified atom stereocenters. The molecule has 218 valence electrons. The summed E-state index contributed by atoms with van der Waals surface area (Å²) in [5.41, 5.74) is 0.0845. The van der Waals surface area contributed by atoms with E-state index in [1.165, 1.54) is 0 Å². The van der Waals surface area contributed by atoms with E-state index in [1.54, 1.807) is 37.6 Å². The molecule has 0 radical (unpaired) electrons. The van der Waals surface area contributed by atoms with Gasteiger partial charge in [-0.2, -0.15) is 0 Å². The molecule has 0 bridgehead atoms. The van der Waals surface area contributed by atoms with Gasteiger partial charge in [0, 0.05) is 53.9 Å². The zero-order chi connectivity index (χ0) is 30.0. The Labute approximate surface area is 240 Å². The maximum atomic E-state index is 16.1. The minimum Gasteiger partial charge on any atom is -0.369 e. The molecule has 0 saturated carbocycles. The highest BCUT2D eigenvalue weighted by Crippen LogP contribution is 2.38. The van der Waals surface area contributed by atoms with Crippen molar-refractivity contribution in [3.8, 4) is 11.1 Å². The van der Waals surface area contributed by atoms with E-state index >= 15 is 8.78 Å². The smallest absolute Gasteiger partial charge is 0.264 e. The largest absolute Gasteiger partial charge is 0.369 e. The van der Waals surface area contributed by atoms with Crippen molar-refractivity contribution in [3.63, 3.8) is 0 Å². The summed E-state index contributed by atoms with van der Waals surface area (Å²) >= 11 is 0. The Morgan fingerprint density at radius 3 is 2.50 bits per heavy atom. The van der Waals surface area contributed by atoms with Crippen molar-refractivity contribution in [2.75, 3.05) is 22.7 Å². The lowest BCUT2D eigenvalue weighted by Crippen LogP contribution is -2.33. The lowest BCUT2D eigenvalue weighted by Gasteiger charge is -2.26. The van der Waals surface area contributed by atoms with Gasteiger partial charge in [-0.3, -0.25) is 14.1 Å². The van der Waals surface area contributed by atoms with Gasteiger partial charge in [0.25, 0.3) is 16.4 Å². The molecule has 1 N–H and O–H groups in total. The summed E-state index contributed by atoms with van der Waals surface area (Å²) in [6, 6.07) is 11.1. The Morgan fingerprint density at radius 2 is 1.83 bits per heavy atom. The number of alkyl halides is 2. The number of unbranched alkanes of at least 4 members (excludes halogenated alkanes) is 1. The first kappa shape index (κ1) is 29.2. The highest BCUT2D eigenvalue weighted by atomic mass is 32.2. The third kappa shape index (κ3) is 5.46. The minimum absolute atomic E-state index is 0.0368. The fourth-order valence-corrected chi connectivity index (χ4v) is 6.35. The average Bonchev–Trinajstić information content (AvgIpc) is 3.42. The molecule has 12 heteroatoms. The molecular formula is C30H26F4N4O3S. The quantitative estimate of drug-likeness (QED) is 0.160. The Hall–Kier alpha value is -4.32. The van der Waals surface area contributed by atoms with Crippen molar-refractivity contribution in [1.29, 1.82) is 0 Å². The van der Waals surface area contributed by atoms with Gasteiger partial charge in [0.1, 0.15) is 11.6 Å². The Kier molecular flexibility index (Phi) is 8.26. The van der Waals surface area contributed by atoms with Crippen molar-refractivity contribution >= 4 is 27.3 Å². The van der Waals surface area contributed by atoms with Gasteiger partial charge in [-0.05, 0) is 42.8 Å². The molecule has 0 fully saturated rings. The second-order valence-electron chi connectivity index (χ2n) is 9.76. The summed E-state index contributed by atoms with van der Waals surface area (Å²) < 4.78 is 85.3. The molecule has 1 atom stereocenters. The van der Waals surface area contributed by atoms with Crippen LogP contribution in [0.4, 0.5) is 29.1 Å². The van der Waals surface area contributed by atoms with Gasteiger partial charge in [-0.15, -0.1) is 0 Å². The number of rotatable bonds is 10. The molecular weight excluding hydrogens is 572 g/mol. The van der Waals surface area contributed by atoms with Crippen LogP contribution in [0.15, 0.2) is 78.1 Å². The van der Waals surface area contributed by atoms with Crippen molar-refractivity contribution < 1.29 is 30.8 Å². The first-order chi connectivity index (χ1) is 20.1. The van der Waals surface area contributed by atoms with E-state index in [0.717, 1.165) is 46.3 Å². The van der Waals surface area contributed by atoms with Gasteiger partial charge < -0.3 is 5.32 Å². The van der Waals surface area contributed by atoms with Gasteiger partial charge >= 0.3 is 0 Å². The van der Waals surface area contributed by atoms with Crippen LogP contribution in [0.3, 0.4) is 0 Å². The number of carbonyl (C=O) groups is 1. The van der Waals surface area contributed by atoms with E-state index in [0.29, 0.717) is 29.8 Å². The maximum Gasteiger partial charge on any atom is 0.264 e. The predicted molar refractivity (Wildman–Crippen MR) is 150 cm³/mol. The molecule has 5 rings (SSSR count). The molecule has 1 aliphatic heterocycles. The van der Waals surface area contributed by atoms with Gasteiger partial charge in [0.2, 0.25) is 0 Å². The van der Waals surface area contributed by atoms with Gasteiger partial charge in [0.05, 0.1) is 22.1 Å². The summed E-state index contributed by atoms with van der Waals surface area (Å²) in [6.07, 6.45) is 2.89. The van der Waals surface area contributed by atoms with Crippen LogP contribution in [0, 0.1) is 11.6 Å². The van der Waals surface area contributed by atoms with Crippen LogP contribution < -0.4 is 9.62 Å². The second kappa shape index (κ2) is 11.9. The second-order valence-corrected chi connectivity index (χ2v) is 11.6. The van der Waals surface area contributed by atoms with Crippen LogP contribution in [-0.2, 0) is 10.0 Å². The molecule has 0 amide bonds. The monoisotopic (exact) mass is 598 g/mol. The van der Waals surface area contributed by atoms with Crippen LogP contribution >= 0.6 is 0 Å². The number of anilines is 2. The molecule has 3 heterocycles. The first-order valence-corrected chi connectivity index (χ1v) is 14.6. The number of halogens is 4. The lowest BCUT2D eigenvalue weighted by molar-refractivity contribution is 0.0958. The molecule has 7 nitrogen and oxygen atoms in total. The number of benzene rings is 2. The van der Waals surface area contributed by atoms with Crippen molar-refractivity contribution in [2.45, 2.75) is 37.0 Å². The molecule has 42 heavy (non-hydrogen) atoms. The summed E-state index contributed by atoms with van der Waals surface area (Å²) in [6.45, 7) is 1.66. The number of aromatic nitrogens is 2. The normalized spacial score (nSPS) is 14.5. The highest BCUT2D eigenvalue weighted by molar-refractivity contribution is 7.92. The zero-order valence-corrected chi connectivity index (χ0v) is 23.2. The van der Waals surface area contributed by atoms with Crippen molar-refractivity contribution in [1.82, 2.24) is 9.97 Å². The predicted octanol–water partition coefficient (Wildman–Crippen LogP) is 6.75. The molecule has 0 saturated heterocycles. The number of Topliss-reactive ketones (excluding diaryl/α,β-unsaturated/α-hetero) is 1. The molecule has 2 aromatic carbocycles. The number of pyridine rings is 2. The number of hydrogen-bond donors (Lipinski definition) is 1. The topological polar surface area (TPSA) is 92.3 Å². The maximum absolute atomic E-state index is 16.1. The Balaban J connectivity index is 1.54. The van der Waals surface area contributed by atoms with Crippen LogP contribution in [0.1, 0.15) is 53.6 Å². The first-order valence-electron chi connectivity index (χ1n) is 13.2. The SMILES string of the molecule is CCCCN(c1ccc(F)c(C(=O)C2CNc3ncc(-c4cccnc4)cc32)c1F)S(=O)(=O)c1ccc(C(F)F)cc1. The standard InChI is InChI=1S/C30H26F4N4O3S/c1-2-3-13-38(42(40,41)21-8-6-18(7-9-21)29(33)34)25-11-10-24(31)26(27(25)32)28(39)23-17-37-30-22(23)14-20(16-36-30)19-5-4-12-35-15-19/h4-12,14-16,23,29H,2-3,13,17H2,1H3,(H,36,37). The zero-order valence-electron chi connectivity index (χ0n) is 22.4. The molecule has 0 aliphatic carbocycles. The van der Waals surface area contributed by atoms with Crippen LogP contribution in [0.25, 0.3) is 11.1 Å². The number of fused-ring (bicyclic) bond motifs is 1. The van der Waals surface area contributed by atoms with E-state index in [-0.39, 0.29) is 23.5 Å². The molecule has 2 aromatic heterocycles. The van der Waals surface area contributed by atoms with E-state index in [1.807, 2.05) is 6.07 Å². The lowest BCUT2D eigenvalue weighted by atomic mass is 9.91. The van der Waals surface area contributed by atoms with Gasteiger partial charge in [-0.25, -0.2) is 31.0 Å². The number of sulfonamides is 1. The highest BCUT2D eigenvalue weighted by Gasteiger charge is 2.36. The number of nitrogens with one attached hydrogen (secondary N) is 1.